The molecule has 0 unspecified atom stereocenters. The highest BCUT2D eigenvalue weighted by molar-refractivity contribution is 5.97. The molecular weight excluding hydrogens is 1430 g/mol. The first-order valence-electron chi connectivity index (χ1n) is 34.8. The summed E-state index contributed by atoms with van der Waals surface area (Å²) in [6, 6.07) is -6.31. The van der Waals surface area contributed by atoms with Crippen LogP contribution in [0.3, 0.4) is 0 Å². The Bertz CT molecular complexity index is 5150. The van der Waals surface area contributed by atoms with E-state index in [4.69, 9.17) is 51.6 Å². The van der Waals surface area contributed by atoms with Gasteiger partial charge in [-0.25, -0.2) is 29.3 Å². The summed E-state index contributed by atoms with van der Waals surface area (Å²) in [4.78, 5) is 223. The van der Waals surface area contributed by atoms with E-state index in [1.807, 2.05) is 0 Å². The average Bonchev–Trinajstić information content (AvgIpc) is 1.68. The summed E-state index contributed by atoms with van der Waals surface area (Å²) >= 11 is 0. The van der Waals surface area contributed by atoms with Crippen molar-refractivity contribution in [2.75, 3.05) is 40.9 Å². The molecule has 0 aromatic carbocycles. The van der Waals surface area contributed by atoms with Crippen molar-refractivity contribution < 1.29 is 33.6 Å². The molecule has 9 aromatic rings. The van der Waals surface area contributed by atoms with E-state index < -0.39 is 117 Å². The summed E-state index contributed by atoms with van der Waals surface area (Å²) in [5, 5.41) is 16.2. The van der Waals surface area contributed by atoms with Gasteiger partial charge in [-0.1, -0.05) is 0 Å². The van der Waals surface area contributed by atoms with E-state index in [9.17, 15) is 43.2 Å². The highest BCUT2D eigenvalue weighted by atomic mass is 16.2. The number of anilines is 6. The van der Waals surface area contributed by atoms with Gasteiger partial charge in [0.1, 0.15) is 53.7 Å². The van der Waals surface area contributed by atoms with Crippen molar-refractivity contribution in [3.63, 3.8) is 0 Å². The summed E-state index contributed by atoms with van der Waals surface area (Å²) in [6.45, 7) is 0.190. The van der Waals surface area contributed by atoms with E-state index in [1.165, 1.54) is 78.6 Å². The fourth-order valence-electron chi connectivity index (χ4n) is 11.9. The summed E-state index contributed by atoms with van der Waals surface area (Å²) < 4.78 is 8.11. The highest BCUT2D eigenvalue weighted by Gasteiger charge is 2.34. The first-order valence-corrected chi connectivity index (χ1v) is 34.8. The number of H-pyrrole nitrogens is 3. The lowest BCUT2D eigenvalue weighted by atomic mass is 10.0. The smallest absolute Gasteiger partial charge is 0.349 e. The standard InChI is InChI=1S/C63H87N33O13/c64-19-2-1-10-33(45(69)97)76-50(99)35(11-4-20-91-26-16-39(66)82-61(91)107)78-52(101)37(13-6-22-93-28-18-41(68)84-63(93)109)80-54(103)38(15-8-25-96-31-75-44-48(96)87-60(72)90-57(44)106)81-53(102)36(12-5-21-92-27-17-40(67)83-62(92)108)79-51(100)34(14-7-24-95-30-74-43-47(95)86-59(71)89-56(43)105)77-49(98)32(65)9-3-23-94-29-73-42-46(94)85-58(70)88-55(42)104/h16-18,26-38H,1-15,19-25,64-65H2,(H2,69,97)(H,76,99)(H,77,98)(H,78,101)(H,79,100)(H,80,103)(H,81,102)(H2,66,82,107)(H2,67,83,108)(H2,68,84,109)(H3,70,85,88,104)(H3,71,86,89,105)(H3,72,87,90,106)/t32-,33-,34-,35-,36-,37-,38-/m0/s1. The van der Waals surface area contributed by atoms with Gasteiger partial charge in [-0.05, 0) is 121 Å². The van der Waals surface area contributed by atoms with Gasteiger partial charge in [0.15, 0.2) is 33.5 Å². The number of nitrogens with one attached hydrogen (secondary N) is 9. The lowest BCUT2D eigenvalue weighted by Gasteiger charge is -2.28. The number of aromatic nitrogens is 18. The van der Waals surface area contributed by atoms with Gasteiger partial charge in [-0.2, -0.15) is 29.9 Å². The molecule has 0 bridgehead atoms. The van der Waals surface area contributed by atoms with Crippen molar-refractivity contribution in [3.05, 3.63) is 118 Å². The summed E-state index contributed by atoms with van der Waals surface area (Å²) in [5.74, 6) is -7.36. The largest absolute Gasteiger partial charge is 0.383 e. The number of imidazole rings is 3. The fraction of sp³-hybridized carbons (Fsp3) is 0.460. The van der Waals surface area contributed by atoms with E-state index in [2.05, 4.69) is 91.7 Å². The van der Waals surface area contributed by atoms with E-state index in [0.717, 1.165) is 0 Å². The maximum absolute atomic E-state index is 15.4. The molecular formula is C63H87N33O13. The fourth-order valence-corrected chi connectivity index (χ4v) is 11.9. The molecule has 582 valence electrons. The Morgan fingerprint density at radius 2 is 0.624 bits per heavy atom. The van der Waals surface area contributed by atoms with Crippen molar-refractivity contribution in [2.45, 2.75) is 178 Å². The van der Waals surface area contributed by atoms with E-state index >= 15 is 19.2 Å². The van der Waals surface area contributed by atoms with Gasteiger partial charge in [-0.15, -0.1) is 0 Å². The predicted molar refractivity (Wildman–Crippen MR) is 393 cm³/mol. The number of fused-ring (bicyclic) bond motifs is 3. The van der Waals surface area contributed by atoms with Crippen LogP contribution in [0.1, 0.15) is 96.3 Å². The van der Waals surface area contributed by atoms with Gasteiger partial charge < -0.3 is 97.2 Å². The Hall–Kier alpha value is -13.3. The van der Waals surface area contributed by atoms with Gasteiger partial charge in [0.25, 0.3) is 16.7 Å². The van der Waals surface area contributed by atoms with Crippen molar-refractivity contribution in [1.29, 1.82) is 0 Å². The molecule has 9 rings (SSSR count). The summed E-state index contributed by atoms with van der Waals surface area (Å²) in [5.41, 5.74) is 49.0. The number of nitrogens with zero attached hydrogens (tertiary/aromatic N) is 15. The molecule has 27 N–H and O–H groups in total. The molecule has 0 radical (unpaired) electrons. The molecule has 9 aromatic heterocycles. The third-order valence-corrected chi connectivity index (χ3v) is 17.6. The van der Waals surface area contributed by atoms with Crippen LogP contribution in [-0.2, 0) is 72.8 Å². The normalized spacial score (nSPS) is 13.4. The first-order chi connectivity index (χ1) is 52.1. The van der Waals surface area contributed by atoms with Gasteiger partial charge in [0.05, 0.1) is 25.0 Å². The second-order valence-corrected chi connectivity index (χ2v) is 25.7. The minimum atomic E-state index is -1.66. The van der Waals surface area contributed by atoms with Crippen LogP contribution >= 0.6 is 0 Å². The van der Waals surface area contributed by atoms with Crippen LogP contribution in [0.4, 0.5) is 35.3 Å². The Labute approximate surface area is 615 Å². The minimum Gasteiger partial charge on any atom is -0.383 e. The van der Waals surface area contributed by atoms with Gasteiger partial charge in [0, 0.05) is 57.9 Å². The third kappa shape index (κ3) is 21.7. The molecule has 9 heterocycles. The molecule has 0 aliphatic rings. The van der Waals surface area contributed by atoms with Gasteiger partial charge in [-0.3, -0.25) is 76.6 Å². The van der Waals surface area contributed by atoms with Crippen molar-refractivity contribution in [2.24, 2.45) is 17.2 Å². The Morgan fingerprint density at radius 3 is 0.908 bits per heavy atom. The second-order valence-electron chi connectivity index (χ2n) is 25.7. The Balaban J connectivity index is 1.03. The number of aromatic amines is 3. The predicted octanol–water partition coefficient (Wildman–Crippen LogP) is -6.82. The van der Waals surface area contributed by atoms with Gasteiger partial charge in [0.2, 0.25) is 59.2 Å². The number of carbonyl (C=O) groups is 7. The maximum atomic E-state index is 15.4. The number of rotatable bonds is 41. The molecule has 0 aliphatic carbocycles. The number of unbranched alkanes of at least 4 members (excludes halogenated alkanes) is 1. The number of nitrogens with two attached hydrogens (primary N) is 9. The molecule has 0 aliphatic heterocycles. The number of aryl methyl sites for hydroxylation is 6. The third-order valence-electron chi connectivity index (χ3n) is 17.6. The molecule has 0 spiro atoms. The number of carbonyl (C=O) groups excluding carboxylic acids is 7. The number of hydrogen-bond acceptors (Lipinski definition) is 30. The first kappa shape index (κ1) is 79.8. The van der Waals surface area contributed by atoms with Crippen LogP contribution in [-0.4, -0.2) is 177 Å². The maximum Gasteiger partial charge on any atom is 0.349 e. The Kier molecular flexibility index (Phi) is 27.2. The van der Waals surface area contributed by atoms with E-state index in [-0.39, 0.29) is 198 Å². The van der Waals surface area contributed by atoms with Crippen LogP contribution in [0.5, 0.6) is 0 Å². The Morgan fingerprint density at radius 1 is 0.358 bits per heavy atom. The summed E-state index contributed by atoms with van der Waals surface area (Å²) in [6.07, 6.45) is 7.98. The topological polar surface area (TPSA) is 721 Å². The van der Waals surface area contributed by atoms with Crippen molar-refractivity contribution >= 4 is 110 Å². The lowest BCUT2D eigenvalue weighted by molar-refractivity contribution is -0.135. The SMILES string of the molecule is NCCCC[C@H](NC(=O)[C@H](CCCn1ccc(N)nc1=O)NC(=O)[C@H](CCCn1ccc(N)nc1=O)NC(=O)[C@H](CCCn1cnc2c(=O)[nH]c(N)nc21)NC(=O)[C@H](CCCn1ccc(N)nc1=O)NC(=O)[C@H](CCCn1cnc2c(=O)[nH]c(N)nc21)NC(=O)[C@@H](N)CCCn1cnc2c(=O)[nH]c(N)nc21)C(N)=O. The highest BCUT2D eigenvalue weighted by Crippen LogP contribution is 2.16. The molecule has 0 saturated carbocycles. The average molecular weight is 1510 g/mol. The van der Waals surface area contributed by atoms with Gasteiger partial charge >= 0.3 is 17.1 Å². The van der Waals surface area contributed by atoms with Crippen LogP contribution in [0.2, 0.25) is 0 Å². The molecule has 0 saturated heterocycles. The zero-order valence-electron chi connectivity index (χ0n) is 59.0. The zero-order valence-corrected chi connectivity index (χ0v) is 59.0. The van der Waals surface area contributed by atoms with Crippen LogP contribution in [0.15, 0.2) is 84.5 Å². The number of amides is 7. The molecule has 7 atom stereocenters. The molecule has 109 heavy (non-hydrogen) atoms. The van der Waals surface area contributed by atoms with E-state index in [1.54, 1.807) is 4.57 Å². The minimum absolute atomic E-state index is 0.00761. The molecule has 0 fully saturated rings. The number of primary amides is 1. The van der Waals surface area contributed by atoms with Crippen molar-refractivity contribution in [1.82, 2.24) is 119 Å². The van der Waals surface area contributed by atoms with Crippen molar-refractivity contribution in [3.8, 4) is 0 Å². The van der Waals surface area contributed by atoms with E-state index in [0.29, 0.717) is 12.8 Å². The van der Waals surface area contributed by atoms with Crippen LogP contribution in [0.25, 0.3) is 33.5 Å². The number of hydrogen-bond donors (Lipinski definition) is 18. The quantitative estimate of drug-likeness (QED) is 0.0158. The monoisotopic (exact) mass is 1510 g/mol. The second kappa shape index (κ2) is 37.1. The molecule has 7 amide bonds. The number of nitrogen functional groups attached to an aromatic ring is 6. The summed E-state index contributed by atoms with van der Waals surface area (Å²) in [7, 11) is 0. The molecule has 46 heteroatoms. The zero-order chi connectivity index (χ0) is 78.6. The molecule has 46 nitrogen and oxygen atoms in total. The van der Waals surface area contributed by atoms with Crippen LogP contribution < -0.4 is 117 Å². The van der Waals surface area contributed by atoms with Crippen LogP contribution in [0, 0.1) is 0 Å². The lowest BCUT2D eigenvalue weighted by Crippen LogP contribution is -2.60.